The average Bonchev–Trinajstić information content (AvgIpc) is 2.05. The highest BCUT2D eigenvalue weighted by Crippen LogP contribution is 1.99. The Kier molecular flexibility index (Phi) is 2.17. The van der Waals surface area contributed by atoms with Crippen LogP contribution in [0.15, 0.2) is 23.9 Å². The predicted molar refractivity (Wildman–Crippen MR) is 36.2 cm³/mol. The first-order chi connectivity index (χ1) is 4.84. The second-order valence-corrected chi connectivity index (χ2v) is 1.88. The summed E-state index contributed by atoms with van der Waals surface area (Å²) < 4.78 is 0. The summed E-state index contributed by atoms with van der Waals surface area (Å²) >= 11 is 5.41. The van der Waals surface area contributed by atoms with Crippen LogP contribution in [-0.4, -0.2) is 20.3 Å². The number of halogens is 1. The number of oxime groups is 1. The average molecular weight is 158 g/mol. The SMILES string of the molecule is ON=C(Cl)c1cncnc1. The lowest BCUT2D eigenvalue weighted by atomic mass is 10.4. The van der Waals surface area contributed by atoms with Crippen molar-refractivity contribution >= 4 is 16.8 Å². The van der Waals surface area contributed by atoms with Crippen molar-refractivity contribution in [2.24, 2.45) is 5.16 Å². The molecule has 1 rings (SSSR count). The number of hydrogen-bond donors (Lipinski definition) is 1. The molecule has 0 unspecified atom stereocenters. The first-order valence-corrected chi connectivity index (χ1v) is 2.85. The van der Waals surface area contributed by atoms with E-state index in [9.17, 15) is 0 Å². The quantitative estimate of drug-likeness (QED) is 0.374. The third-order valence-corrected chi connectivity index (χ3v) is 1.18. The minimum atomic E-state index is -0.0133. The molecule has 0 aliphatic rings. The molecule has 1 aromatic rings. The van der Waals surface area contributed by atoms with E-state index in [1.165, 1.54) is 18.7 Å². The van der Waals surface area contributed by atoms with Gasteiger partial charge in [0.1, 0.15) is 6.33 Å². The van der Waals surface area contributed by atoms with Crippen LogP contribution in [0.5, 0.6) is 0 Å². The number of hydrogen-bond acceptors (Lipinski definition) is 4. The summed E-state index contributed by atoms with van der Waals surface area (Å²) in [6, 6.07) is 0. The maximum Gasteiger partial charge on any atom is 0.178 e. The van der Waals surface area contributed by atoms with Crippen molar-refractivity contribution in [1.82, 2.24) is 9.97 Å². The molecule has 0 aromatic carbocycles. The van der Waals surface area contributed by atoms with Gasteiger partial charge in [-0.2, -0.15) is 0 Å². The van der Waals surface area contributed by atoms with Crippen LogP contribution in [-0.2, 0) is 0 Å². The van der Waals surface area contributed by atoms with Crippen LogP contribution < -0.4 is 0 Å². The van der Waals surface area contributed by atoms with E-state index in [0.717, 1.165) is 0 Å². The zero-order valence-corrected chi connectivity index (χ0v) is 5.65. The first kappa shape index (κ1) is 6.95. The van der Waals surface area contributed by atoms with E-state index in [1.54, 1.807) is 0 Å². The first-order valence-electron chi connectivity index (χ1n) is 2.47. The molecule has 0 saturated carbocycles. The van der Waals surface area contributed by atoms with E-state index < -0.39 is 0 Å². The van der Waals surface area contributed by atoms with Crippen molar-refractivity contribution in [3.63, 3.8) is 0 Å². The van der Waals surface area contributed by atoms with Crippen molar-refractivity contribution in [1.29, 1.82) is 0 Å². The Hall–Kier alpha value is -1.16. The van der Waals surface area contributed by atoms with E-state index >= 15 is 0 Å². The lowest BCUT2D eigenvalue weighted by Gasteiger charge is -1.90. The van der Waals surface area contributed by atoms with Gasteiger partial charge in [0.25, 0.3) is 0 Å². The second kappa shape index (κ2) is 3.12. The third-order valence-electron chi connectivity index (χ3n) is 0.887. The van der Waals surface area contributed by atoms with Crippen LogP contribution in [0.2, 0.25) is 0 Å². The molecule has 0 atom stereocenters. The van der Waals surface area contributed by atoms with E-state index in [2.05, 4.69) is 15.1 Å². The van der Waals surface area contributed by atoms with Gasteiger partial charge in [0, 0.05) is 12.4 Å². The minimum absolute atomic E-state index is 0.0133. The lowest BCUT2D eigenvalue weighted by Crippen LogP contribution is -1.92. The van der Waals surface area contributed by atoms with Gasteiger partial charge < -0.3 is 5.21 Å². The molecule has 1 N–H and O–H groups in total. The second-order valence-electron chi connectivity index (χ2n) is 1.52. The number of aromatic nitrogens is 2. The Morgan fingerprint density at radius 1 is 1.50 bits per heavy atom. The Morgan fingerprint density at radius 2 is 2.10 bits per heavy atom. The van der Waals surface area contributed by atoms with Gasteiger partial charge in [-0.1, -0.05) is 16.8 Å². The van der Waals surface area contributed by atoms with Gasteiger partial charge in [0.15, 0.2) is 5.17 Å². The van der Waals surface area contributed by atoms with Crippen molar-refractivity contribution in [3.05, 3.63) is 24.3 Å². The van der Waals surface area contributed by atoms with Gasteiger partial charge >= 0.3 is 0 Å². The summed E-state index contributed by atoms with van der Waals surface area (Å²) in [4.78, 5) is 7.33. The van der Waals surface area contributed by atoms with Crippen molar-refractivity contribution in [3.8, 4) is 0 Å². The maximum absolute atomic E-state index is 8.19. The summed E-state index contributed by atoms with van der Waals surface area (Å²) in [7, 11) is 0. The monoisotopic (exact) mass is 157 g/mol. The van der Waals surface area contributed by atoms with Gasteiger partial charge in [-0.25, -0.2) is 9.97 Å². The number of rotatable bonds is 1. The van der Waals surface area contributed by atoms with Crippen LogP contribution >= 0.6 is 11.6 Å². The normalized spacial score (nSPS) is 11.5. The molecule has 0 aliphatic carbocycles. The molecule has 0 saturated heterocycles. The van der Waals surface area contributed by atoms with E-state index in [0.29, 0.717) is 5.56 Å². The molecular weight excluding hydrogens is 154 g/mol. The van der Waals surface area contributed by atoms with Crippen LogP contribution in [0.4, 0.5) is 0 Å². The fourth-order valence-electron chi connectivity index (χ4n) is 0.463. The summed E-state index contributed by atoms with van der Waals surface area (Å²) in [5.74, 6) is 0. The van der Waals surface area contributed by atoms with Crippen molar-refractivity contribution in [2.45, 2.75) is 0 Å². The Bertz CT molecular complexity index is 236. The molecule has 0 aliphatic heterocycles. The molecule has 52 valence electrons. The topological polar surface area (TPSA) is 58.4 Å². The molecule has 0 spiro atoms. The summed E-state index contributed by atoms with van der Waals surface area (Å²) in [5, 5.41) is 10.9. The Balaban J connectivity index is 2.96. The summed E-state index contributed by atoms with van der Waals surface area (Å²) in [5.41, 5.74) is 0.492. The molecule has 1 aromatic heterocycles. The molecule has 0 bridgehead atoms. The molecule has 4 nitrogen and oxygen atoms in total. The van der Waals surface area contributed by atoms with Crippen molar-refractivity contribution < 1.29 is 5.21 Å². The van der Waals surface area contributed by atoms with Crippen LogP contribution in [0, 0.1) is 0 Å². The standard InChI is InChI=1S/C5H4ClN3O/c6-5(9-10)4-1-7-3-8-2-4/h1-3,10H. The highest BCUT2D eigenvalue weighted by Gasteiger charge is 1.97. The Morgan fingerprint density at radius 3 is 2.60 bits per heavy atom. The zero-order chi connectivity index (χ0) is 7.40. The highest BCUT2D eigenvalue weighted by atomic mass is 35.5. The van der Waals surface area contributed by atoms with E-state index in [-0.39, 0.29) is 5.17 Å². The smallest absolute Gasteiger partial charge is 0.178 e. The van der Waals surface area contributed by atoms with E-state index in [4.69, 9.17) is 16.8 Å². The largest absolute Gasteiger partial charge is 0.410 e. The van der Waals surface area contributed by atoms with Crippen LogP contribution in [0.3, 0.4) is 0 Å². The van der Waals surface area contributed by atoms with Crippen LogP contribution in [0.25, 0.3) is 0 Å². The van der Waals surface area contributed by atoms with Gasteiger partial charge in [-0.05, 0) is 0 Å². The summed E-state index contributed by atoms with van der Waals surface area (Å²) in [6.07, 6.45) is 4.27. The molecule has 10 heavy (non-hydrogen) atoms. The van der Waals surface area contributed by atoms with Crippen molar-refractivity contribution in [2.75, 3.05) is 0 Å². The Labute approximate surface area is 62.2 Å². The fraction of sp³-hybridized carbons (Fsp3) is 0. The van der Waals surface area contributed by atoms with Gasteiger partial charge in [0.05, 0.1) is 5.56 Å². The minimum Gasteiger partial charge on any atom is -0.410 e. The maximum atomic E-state index is 8.19. The summed E-state index contributed by atoms with van der Waals surface area (Å²) in [6.45, 7) is 0. The van der Waals surface area contributed by atoms with Gasteiger partial charge in [-0.15, -0.1) is 0 Å². The zero-order valence-electron chi connectivity index (χ0n) is 4.90. The molecule has 5 heteroatoms. The predicted octanol–water partition coefficient (Wildman–Crippen LogP) is 0.851. The molecular formula is C5H4ClN3O. The molecule has 0 fully saturated rings. The molecule has 0 amide bonds. The van der Waals surface area contributed by atoms with Gasteiger partial charge in [-0.3, -0.25) is 0 Å². The number of nitrogens with zero attached hydrogens (tertiary/aromatic N) is 3. The lowest BCUT2D eigenvalue weighted by molar-refractivity contribution is 0.321. The molecule has 1 heterocycles. The third kappa shape index (κ3) is 1.41. The molecule has 0 radical (unpaired) electrons. The van der Waals surface area contributed by atoms with Crippen LogP contribution in [0.1, 0.15) is 5.56 Å². The van der Waals surface area contributed by atoms with E-state index in [1.807, 2.05) is 0 Å². The van der Waals surface area contributed by atoms with Gasteiger partial charge in [0.2, 0.25) is 0 Å². The highest BCUT2D eigenvalue weighted by molar-refractivity contribution is 6.69. The fourth-order valence-corrected chi connectivity index (χ4v) is 0.561.